The highest BCUT2D eigenvalue weighted by Crippen LogP contribution is 2.18. The molecule has 0 saturated heterocycles. The first-order chi connectivity index (χ1) is 5.77. The smallest absolute Gasteiger partial charge is 0.152 e. The van der Waals surface area contributed by atoms with Crippen molar-refractivity contribution in [3.8, 4) is 5.75 Å². The fourth-order valence-electron chi connectivity index (χ4n) is 0.813. The molecule has 0 bridgehead atoms. The Labute approximate surface area is 84.0 Å². The molecule has 0 saturated carbocycles. The molecule has 4 heteroatoms. The number of hydrogen-bond acceptors (Lipinski definition) is 3. The normalized spacial score (nSPS) is 9.42. The fraction of sp³-hybridized carbons (Fsp3) is 0.125. The van der Waals surface area contributed by atoms with E-state index in [-0.39, 0.29) is 0 Å². The van der Waals surface area contributed by atoms with Crippen LogP contribution < -0.4 is 10.5 Å². The van der Waals surface area contributed by atoms with Crippen LogP contribution in [-0.2, 0) is 0 Å². The monoisotopic (exact) mass is 277 g/mol. The molecule has 0 aliphatic carbocycles. The Hall–Kier alpha value is -0.780. The summed E-state index contributed by atoms with van der Waals surface area (Å²) in [6, 6.07) is 5.01. The number of benzene rings is 1. The number of rotatable bonds is 3. The summed E-state index contributed by atoms with van der Waals surface area (Å²) in [5, 5.41) is 0. The van der Waals surface area contributed by atoms with Crippen LogP contribution in [0.4, 0.5) is 5.69 Å². The number of nitrogen functional groups attached to an aromatic ring is 1. The van der Waals surface area contributed by atoms with Gasteiger partial charge in [0.15, 0.2) is 6.29 Å². The lowest BCUT2D eigenvalue weighted by atomic mass is 10.2. The summed E-state index contributed by atoms with van der Waals surface area (Å²) in [7, 11) is 0. The average Bonchev–Trinajstić information content (AvgIpc) is 2.05. The lowest BCUT2D eigenvalue weighted by Crippen LogP contribution is -1.95. The molecule has 0 amide bonds. The fourth-order valence-corrected chi connectivity index (χ4v) is 1.17. The van der Waals surface area contributed by atoms with E-state index < -0.39 is 0 Å². The zero-order valence-corrected chi connectivity index (χ0v) is 8.45. The Kier molecular flexibility index (Phi) is 3.33. The van der Waals surface area contributed by atoms with Crippen molar-refractivity contribution in [2.24, 2.45) is 0 Å². The molecule has 0 spiro atoms. The van der Waals surface area contributed by atoms with E-state index in [1.165, 1.54) is 0 Å². The van der Waals surface area contributed by atoms with Crippen molar-refractivity contribution in [3.63, 3.8) is 0 Å². The van der Waals surface area contributed by atoms with Gasteiger partial charge in [-0.15, -0.1) is 0 Å². The van der Waals surface area contributed by atoms with E-state index in [0.29, 0.717) is 21.6 Å². The quantitative estimate of drug-likeness (QED) is 0.397. The van der Waals surface area contributed by atoms with Crippen LogP contribution in [0.2, 0.25) is 0 Å². The lowest BCUT2D eigenvalue weighted by Gasteiger charge is -2.03. The van der Waals surface area contributed by atoms with Crippen molar-refractivity contribution in [3.05, 3.63) is 23.8 Å². The zero-order valence-electron chi connectivity index (χ0n) is 6.29. The molecule has 0 aliphatic heterocycles. The van der Waals surface area contributed by atoms with Gasteiger partial charge in [-0.2, -0.15) is 0 Å². The van der Waals surface area contributed by atoms with Gasteiger partial charge < -0.3 is 10.5 Å². The van der Waals surface area contributed by atoms with Crippen molar-refractivity contribution in [1.29, 1.82) is 0 Å². The van der Waals surface area contributed by atoms with Crippen LogP contribution in [0.25, 0.3) is 0 Å². The van der Waals surface area contributed by atoms with Crippen LogP contribution in [-0.4, -0.2) is 10.9 Å². The van der Waals surface area contributed by atoms with Gasteiger partial charge in [0.1, 0.15) is 10.4 Å². The van der Waals surface area contributed by atoms with Gasteiger partial charge in [0.25, 0.3) is 0 Å². The van der Waals surface area contributed by atoms with E-state index in [2.05, 4.69) is 22.6 Å². The summed E-state index contributed by atoms with van der Waals surface area (Å²) >= 11 is 2.09. The number of carbonyl (C=O) groups is 1. The minimum absolute atomic E-state index is 0.451. The molecule has 0 unspecified atom stereocenters. The molecule has 64 valence electrons. The van der Waals surface area contributed by atoms with Gasteiger partial charge in [0, 0.05) is 17.3 Å². The highest BCUT2D eigenvalue weighted by atomic mass is 127. The minimum Gasteiger partial charge on any atom is -0.483 e. The standard InChI is InChI=1S/C8H8INO2/c9-5-12-7-2-1-6(4-11)8(10)3-7/h1-4H,5,10H2. The van der Waals surface area contributed by atoms with Crippen LogP contribution >= 0.6 is 22.6 Å². The molecule has 0 atom stereocenters. The second-order valence-electron chi connectivity index (χ2n) is 2.16. The molecule has 0 aliphatic rings. The summed E-state index contributed by atoms with van der Waals surface area (Å²) in [4.78, 5) is 10.4. The maximum atomic E-state index is 10.4. The van der Waals surface area contributed by atoms with Gasteiger partial charge in [-0.1, -0.05) is 0 Å². The number of nitrogens with two attached hydrogens (primary N) is 1. The zero-order chi connectivity index (χ0) is 8.97. The number of carbonyl (C=O) groups excluding carboxylic acids is 1. The number of halogens is 1. The molecule has 0 radical (unpaired) electrons. The third kappa shape index (κ3) is 2.10. The largest absolute Gasteiger partial charge is 0.483 e. The summed E-state index contributed by atoms with van der Waals surface area (Å²) in [6.07, 6.45) is 0.725. The summed E-state index contributed by atoms with van der Waals surface area (Å²) in [5.41, 5.74) is 6.50. The molecule has 0 heterocycles. The number of alkyl halides is 1. The van der Waals surface area contributed by atoms with Crippen molar-refractivity contribution in [2.75, 3.05) is 10.3 Å². The summed E-state index contributed by atoms with van der Waals surface area (Å²) < 4.78 is 5.74. The van der Waals surface area contributed by atoms with Gasteiger partial charge in [0.05, 0.1) is 0 Å². The molecule has 2 N–H and O–H groups in total. The Morgan fingerprint density at radius 1 is 1.58 bits per heavy atom. The first kappa shape index (κ1) is 9.31. The Balaban J connectivity index is 2.93. The lowest BCUT2D eigenvalue weighted by molar-refractivity contribution is 0.112. The average molecular weight is 277 g/mol. The van der Waals surface area contributed by atoms with Crippen LogP contribution in [0.15, 0.2) is 18.2 Å². The summed E-state index contributed by atoms with van der Waals surface area (Å²) in [6.45, 7) is 0. The molecular formula is C8H8INO2. The first-order valence-corrected chi connectivity index (χ1v) is 4.84. The molecule has 0 fully saturated rings. The Morgan fingerprint density at radius 3 is 2.83 bits per heavy atom. The van der Waals surface area contributed by atoms with E-state index in [1.54, 1.807) is 18.2 Å². The molecule has 3 nitrogen and oxygen atoms in total. The van der Waals surface area contributed by atoms with Crippen molar-refractivity contribution >= 4 is 34.6 Å². The topological polar surface area (TPSA) is 52.3 Å². The van der Waals surface area contributed by atoms with Crippen LogP contribution in [0.5, 0.6) is 5.75 Å². The number of hydrogen-bond donors (Lipinski definition) is 1. The SMILES string of the molecule is Nc1cc(OCI)ccc1C=O. The van der Waals surface area contributed by atoms with Gasteiger partial charge in [0.2, 0.25) is 0 Å². The van der Waals surface area contributed by atoms with E-state index >= 15 is 0 Å². The minimum atomic E-state index is 0.451. The highest BCUT2D eigenvalue weighted by Gasteiger charge is 1.99. The Morgan fingerprint density at radius 2 is 2.33 bits per heavy atom. The second-order valence-corrected chi connectivity index (χ2v) is 2.78. The summed E-state index contributed by atoms with van der Waals surface area (Å²) in [5.74, 6) is 0.688. The van der Waals surface area contributed by atoms with E-state index in [1.807, 2.05) is 0 Å². The molecule has 12 heavy (non-hydrogen) atoms. The van der Waals surface area contributed by atoms with Gasteiger partial charge in [-0.25, -0.2) is 0 Å². The third-order valence-electron chi connectivity index (χ3n) is 1.41. The maximum Gasteiger partial charge on any atom is 0.152 e. The predicted molar refractivity (Wildman–Crippen MR) is 55.8 cm³/mol. The molecule has 1 aromatic carbocycles. The van der Waals surface area contributed by atoms with Crippen LogP contribution in [0, 0.1) is 0 Å². The molecular weight excluding hydrogens is 269 g/mol. The van der Waals surface area contributed by atoms with E-state index in [4.69, 9.17) is 10.5 Å². The third-order valence-corrected chi connectivity index (χ3v) is 1.72. The van der Waals surface area contributed by atoms with Crippen molar-refractivity contribution in [2.45, 2.75) is 0 Å². The number of anilines is 1. The second kappa shape index (κ2) is 4.30. The van der Waals surface area contributed by atoms with Gasteiger partial charge in [-0.3, -0.25) is 4.79 Å². The highest BCUT2D eigenvalue weighted by molar-refractivity contribution is 14.1. The Bertz CT molecular complexity index is 288. The number of aldehydes is 1. The van der Waals surface area contributed by atoms with E-state index in [9.17, 15) is 4.79 Å². The van der Waals surface area contributed by atoms with E-state index in [0.717, 1.165) is 6.29 Å². The molecule has 0 aromatic heterocycles. The maximum absolute atomic E-state index is 10.4. The predicted octanol–water partition coefficient (Wildman–Crippen LogP) is 1.85. The van der Waals surface area contributed by atoms with Crippen molar-refractivity contribution in [1.82, 2.24) is 0 Å². The first-order valence-electron chi connectivity index (χ1n) is 3.31. The number of ether oxygens (including phenoxy) is 1. The van der Waals surface area contributed by atoms with Crippen LogP contribution in [0.3, 0.4) is 0 Å². The van der Waals surface area contributed by atoms with Gasteiger partial charge in [-0.05, 0) is 34.7 Å². The van der Waals surface area contributed by atoms with Gasteiger partial charge >= 0.3 is 0 Å². The molecule has 1 aromatic rings. The molecule has 1 rings (SSSR count). The van der Waals surface area contributed by atoms with Crippen LogP contribution in [0.1, 0.15) is 10.4 Å². The van der Waals surface area contributed by atoms with Crippen molar-refractivity contribution < 1.29 is 9.53 Å².